The van der Waals surface area contributed by atoms with Gasteiger partial charge < -0.3 is 4.74 Å². The van der Waals surface area contributed by atoms with E-state index in [1.807, 2.05) is 0 Å². The normalized spacial score (nSPS) is 11.9. The molecule has 1 aromatic rings. The zero-order chi connectivity index (χ0) is 12.3. The van der Waals surface area contributed by atoms with Gasteiger partial charge in [-0.2, -0.15) is 8.78 Å². The third-order valence-electron chi connectivity index (χ3n) is 1.63. The van der Waals surface area contributed by atoms with E-state index >= 15 is 0 Å². The molecule has 90 valence electrons. The average Bonchev–Trinajstić information content (AvgIpc) is 2.19. The van der Waals surface area contributed by atoms with E-state index in [1.165, 1.54) is 6.07 Å². The molecule has 0 aromatic heterocycles. The van der Waals surface area contributed by atoms with Gasteiger partial charge in [0.1, 0.15) is 11.6 Å². The van der Waals surface area contributed by atoms with Crippen molar-refractivity contribution >= 4 is 15.9 Å². The van der Waals surface area contributed by atoms with Gasteiger partial charge in [-0.15, -0.1) is 0 Å². The molecular formula is C9H6BrF5O. The Kier molecular flexibility index (Phi) is 4.12. The van der Waals surface area contributed by atoms with Crippen molar-refractivity contribution in [3.63, 3.8) is 0 Å². The maximum atomic E-state index is 12.7. The fraction of sp³-hybridized carbons (Fsp3) is 0.333. The van der Waals surface area contributed by atoms with Crippen molar-refractivity contribution in [2.75, 3.05) is 6.61 Å². The molecule has 1 rings (SSSR count). The second-order valence-electron chi connectivity index (χ2n) is 2.93. The number of hydrogen-bond acceptors (Lipinski definition) is 1. The van der Waals surface area contributed by atoms with Crippen LogP contribution < -0.4 is 4.74 Å². The van der Waals surface area contributed by atoms with E-state index in [4.69, 9.17) is 0 Å². The van der Waals surface area contributed by atoms with Gasteiger partial charge in [-0.25, -0.2) is 13.2 Å². The largest absolute Gasteiger partial charge is 0.486 e. The molecule has 0 radical (unpaired) electrons. The number of rotatable bonds is 4. The van der Waals surface area contributed by atoms with E-state index in [0.29, 0.717) is 0 Å². The van der Waals surface area contributed by atoms with Crippen LogP contribution in [0.1, 0.15) is 0 Å². The van der Waals surface area contributed by atoms with E-state index in [0.717, 1.165) is 12.1 Å². The minimum Gasteiger partial charge on any atom is -0.486 e. The lowest BCUT2D eigenvalue weighted by molar-refractivity contribution is -0.148. The standard InChI is InChI=1S/C9H6BrF5O/c10-6-2-1-5(11)3-7(6)16-4-9(14,15)8(12)13/h1-3,8H,4H2. The first-order valence-electron chi connectivity index (χ1n) is 4.07. The maximum absolute atomic E-state index is 12.7. The van der Waals surface area contributed by atoms with Gasteiger partial charge in [0.15, 0.2) is 6.61 Å². The monoisotopic (exact) mass is 304 g/mol. The third-order valence-corrected chi connectivity index (χ3v) is 2.29. The highest BCUT2D eigenvalue weighted by Gasteiger charge is 2.41. The lowest BCUT2D eigenvalue weighted by Crippen LogP contribution is -2.33. The molecule has 0 saturated carbocycles. The predicted octanol–water partition coefficient (Wildman–Crippen LogP) is 3.87. The lowest BCUT2D eigenvalue weighted by Gasteiger charge is -2.16. The van der Waals surface area contributed by atoms with Crippen molar-refractivity contribution in [3.05, 3.63) is 28.5 Å². The first kappa shape index (κ1) is 13.2. The Hall–Kier alpha value is -0.850. The fourth-order valence-corrected chi connectivity index (χ4v) is 1.19. The summed E-state index contributed by atoms with van der Waals surface area (Å²) in [4.78, 5) is 0. The van der Waals surface area contributed by atoms with Gasteiger partial charge in [0.2, 0.25) is 0 Å². The highest BCUT2D eigenvalue weighted by molar-refractivity contribution is 9.10. The van der Waals surface area contributed by atoms with E-state index in [2.05, 4.69) is 20.7 Å². The van der Waals surface area contributed by atoms with Crippen LogP contribution in [0.15, 0.2) is 22.7 Å². The van der Waals surface area contributed by atoms with Gasteiger partial charge in [-0.05, 0) is 28.1 Å². The van der Waals surface area contributed by atoms with Gasteiger partial charge in [0, 0.05) is 6.07 Å². The second-order valence-corrected chi connectivity index (χ2v) is 3.78. The molecule has 0 aliphatic heterocycles. The van der Waals surface area contributed by atoms with E-state index in [-0.39, 0.29) is 10.2 Å². The smallest absolute Gasteiger partial charge is 0.340 e. The van der Waals surface area contributed by atoms with Crippen LogP contribution in [0.4, 0.5) is 22.0 Å². The Balaban J connectivity index is 2.71. The van der Waals surface area contributed by atoms with Crippen molar-refractivity contribution in [2.45, 2.75) is 12.3 Å². The van der Waals surface area contributed by atoms with Gasteiger partial charge in [0.25, 0.3) is 0 Å². The van der Waals surface area contributed by atoms with Crippen LogP contribution in [-0.4, -0.2) is 19.0 Å². The maximum Gasteiger partial charge on any atom is 0.340 e. The number of hydrogen-bond donors (Lipinski definition) is 0. The summed E-state index contributed by atoms with van der Waals surface area (Å²) in [6.45, 7) is -1.51. The molecule has 0 bridgehead atoms. The molecule has 0 heterocycles. The Morgan fingerprint density at radius 3 is 2.50 bits per heavy atom. The molecule has 0 amide bonds. The molecule has 0 saturated heterocycles. The van der Waals surface area contributed by atoms with Crippen molar-refractivity contribution in [2.24, 2.45) is 0 Å². The lowest BCUT2D eigenvalue weighted by atomic mass is 10.3. The van der Waals surface area contributed by atoms with Crippen LogP contribution in [0, 0.1) is 5.82 Å². The SMILES string of the molecule is Fc1ccc(Br)c(OCC(F)(F)C(F)F)c1. The van der Waals surface area contributed by atoms with Crippen LogP contribution in [0.3, 0.4) is 0 Å². The second kappa shape index (κ2) is 4.99. The highest BCUT2D eigenvalue weighted by atomic mass is 79.9. The summed E-state index contributed by atoms with van der Waals surface area (Å²) in [6.07, 6.45) is -3.82. The average molecular weight is 305 g/mol. The fourth-order valence-electron chi connectivity index (χ4n) is 0.825. The summed E-state index contributed by atoms with van der Waals surface area (Å²) < 4.78 is 65.8. The van der Waals surface area contributed by atoms with E-state index in [1.54, 1.807) is 0 Å². The summed E-state index contributed by atoms with van der Waals surface area (Å²) in [5.74, 6) is -5.22. The molecule has 0 spiro atoms. The first-order valence-corrected chi connectivity index (χ1v) is 4.86. The molecule has 1 aromatic carbocycles. The minimum atomic E-state index is -4.26. The molecule has 0 aliphatic carbocycles. The summed E-state index contributed by atoms with van der Waals surface area (Å²) in [5, 5.41) is 0. The molecule has 0 N–H and O–H groups in total. The summed E-state index contributed by atoms with van der Waals surface area (Å²) in [5.41, 5.74) is 0. The van der Waals surface area contributed by atoms with Crippen molar-refractivity contribution in [1.29, 1.82) is 0 Å². The minimum absolute atomic E-state index is 0.207. The Bertz CT molecular complexity index is 369. The number of ether oxygens (including phenoxy) is 1. The van der Waals surface area contributed by atoms with Crippen LogP contribution in [0.2, 0.25) is 0 Å². The number of benzene rings is 1. The molecule has 0 unspecified atom stereocenters. The number of halogens is 6. The Morgan fingerprint density at radius 2 is 1.94 bits per heavy atom. The molecule has 0 aliphatic rings. The first-order chi connectivity index (χ1) is 7.33. The molecule has 16 heavy (non-hydrogen) atoms. The molecule has 0 atom stereocenters. The molecule has 1 nitrogen and oxygen atoms in total. The van der Waals surface area contributed by atoms with Crippen LogP contribution in [-0.2, 0) is 0 Å². The van der Waals surface area contributed by atoms with E-state index in [9.17, 15) is 22.0 Å². The Labute approximate surface area is 96.3 Å². The van der Waals surface area contributed by atoms with Gasteiger partial charge in [-0.3, -0.25) is 0 Å². The van der Waals surface area contributed by atoms with Crippen LogP contribution in [0.25, 0.3) is 0 Å². The summed E-state index contributed by atoms with van der Waals surface area (Å²) in [7, 11) is 0. The topological polar surface area (TPSA) is 9.23 Å². The Morgan fingerprint density at radius 1 is 1.31 bits per heavy atom. The van der Waals surface area contributed by atoms with Gasteiger partial charge >= 0.3 is 12.3 Å². The van der Waals surface area contributed by atoms with Crippen LogP contribution >= 0.6 is 15.9 Å². The molecular weight excluding hydrogens is 299 g/mol. The van der Waals surface area contributed by atoms with Gasteiger partial charge in [0.05, 0.1) is 4.47 Å². The van der Waals surface area contributed by atoms with Crippen molar-refractivity contribution in [3.8, 4) is 5.75 Å². The zero-order valence-corrected chi connectivity index (χ0v) is 9.28. The van der Waals surface area contributed by atoms with Gasteiger partial charge in [-0.1, -0.05) is 0 Å². The number of alkyl halides is 4. The predicted molar refractivity (Wildman–Crippen MR) is 50.5 cm³/mol. The van der Waals surface area contributed by atoms with Crippen molar-refractivity contribution < 1.29 is 26.7 Å². The van der Waals surface area contributed by atoms with Crippen molar-refractivity contribution in [1.82, 2.24) is 0 Å². The molecule has 7 heteroatoms. The van der Waals surface area contributed by atoms with E-state index < -0.39 is 24.8 Å². The highest BCUT2D eigenvalue weighted by Crippen LogP contribution is 2.29. The molecule has 0 fully saturated rings. The zero-order valence-electron chi connectivity index (χ0n) is 7.69. The summed E-state index contributed by atoms with van der Waals surface area (Å²) in [6, 6.07) is 3.12. The summed E-state index contributed by atoms with van der Waals surface area (Å²) >= 11 is 2.91. The quantitative estimate of drug-likeness (QED) is 0.767. The van der Waals surface area contributed by atoms with Crippen LogP contribution in [0.5, 0.6) is 5.75 Å². The third kappa shape index (κ3) is 3.33.